The minimum atomic E-state index is -0.591. The number of aromatic nitrogens is 1. The van der Waals surface area contributed by atoms with Crippen molar-refractivity contribution in [2.75, 3.05) is 18.9 Å². The predicted molar refractivity (Wildman–Crippen MR) is 61.6 cm³/mol. The van der Waals surface area contributed by atoms with Gasteiger partial charge in [0.25, 0.3) is 5.91 Å². The van der Waals surface area contributed by atoms with Gasteiger partial charge in [-0.1, -0.05) is 0 Å². The minimum absolute atomic E-state index is 0.0120. The number of rotatable bonds is 3. The SMILES string of the molecule is NC(=O)c1cc(N)cnc1OC1CCOCC1. The topological polar surface area (TPSA) is 100 Å². The molecular formula is C11H15N3O3. The summed E-state index contributed by atoms with van der Waals surface area (Å²) < 4.78 is 10.9. The largest absolute Gasteiger partial charge is 0.474 e. The van der Waals surface area contributed by atoms with Crippen LogP contribution >= 0.6 is 0 Å². The lowest BCUT2D eigenvalue weighted by molar-refractivity contribution is 0.0234. The zero-order chi connectivity index (χ0) is 12.3. The first-order chi connectivity index (χ1) is 8.16. The van der Waals surface area contributed by atoms with Gasteiger partial charge in [0, 0.05) is 12.8 Å². The molecule has 1 aromatic heterocycles. The molecule has 0 radical (unpaired) electrons. The van der Waals surface area contributed by atoms with Crippen molar-refractivity contribution in [2.45, 2.75) is 18.9 Å². The van der Waals surface area contributed by atoms with Crippen molar-refractivity contribution in [1.82, 2.24) is 4.98 Å². The second-order valence-corrected chi connectivity index (χ2v) is 3.92. The van der Waals surface area contributed by atoms with Crippen LogP contribution in [0.5, 0.6) is 5.88 Å². The molecule has 1 amide bonds. The van der Waals surface area contributed by atoms with Gasteiger partial charge in [-0.2, -0.15) is 0 Å². The molecule has 6 nitrogen and oxygen atoms in total. The molecule has 17 heavy (non-hydrogen) atoms. The standard InChI is InChI=1S/C11H15N3O3/c12-7-5-9(10(13)15)11(14-6-7)17-8-1-3-16-4-2-8/h5-6,8H,1-4,12H2,(H2,13,15). The van der Waals surface area contributed by atoms with E-state index >= 15 is 0 Å². The van der Waals surface area contributed by atoms with Gasteiger partial charge in [-0.3, -0.25) is 4.79 Å². The van der Waals surface area contributed by atoms with Crippen LogP contribution in [0.4, 0.5) is 5.69 Å². The molecule has 1 aliphatic heterocycles. The number of carbonyl (C=O) groups is 1. The van der Waals surface area contributed by atoms with E-state index in [1.54, 1.807) is 0 Å². The molecule has 0 atom stereocenters. The van der Waals surface area contributed by atoms with Gasteiger partial charge in [0.2, 0.25) is 5.88 Å². The zero-order valence-corrected chi connectivity index (χ0v) is 9.39. The lowest BCUT2D eigenvalue weighted by Gasteiger charge is -2.23. The molecule has 0 saturated carbocycles. The second-order valence-electron chi connectivity index (χ2n) is 3.92. The Kier molecular flexibility index (Phi) is 3.43. The Bertz CT molecular complexity index is 416. The molecule has 2 heterocycles. The van der Waals surface area contributed by atoms with Gasteiger partial charge in [-0.05, 0) is 6.07 Å². The fourth-order valence-electron chi connectivity index (χ4n) is 1.69. The summed E-state index contributed by atoms with van der Waals surface area (Å²) in [5, 5.41) is 0. The van der Waals surface area contributed by atoms with Crippen molar-refractivity contribution < 1.29 is 14.3 Å². The smallest absolute Gasteiger partial charge is 0.254 e. The number of nitrogens with zero attached hydrogens (tertiary/aromatic N) is 1. The minimum Gasteiger partial charge on any atom is -0.474 e. The van der Waals surface area contributed by atoms with Gasteiger partial charge in [-0.25, -0.2) is 4.98 Å². The van der Waals surface area contributed by atoms with Crippen LogP contribution in [0.3, 0.4) is 0 Å². The zero-order valence-electron chi connectivity index (χ0n) is 9.39. The first kappa shape index (κ1) is 11.7. The molecule has 1 fully saturated rings. The van der Waals surface area contributed by atoms with Crippen molar-refractivity contribution in [3.63, 3.8) is 0 Å². The predicted octanol–water partition coefficient (Wildman–Crippen LogP) is 0.320. The van der Waals surface area contributed by atoms with Crippen LogP contribution in [0, 0.1) is 0 Å². The van der Waals surface area contributed by atoms with E-state index in [0.29, 0.717) is 18.9 Å². The molecule has 0 unspecified atom stereocenters. The summed E-state index contributed by atoms with van der Waals surface area (Å²) in [6, 6.07) is 1.48. The average Bonchev–Trinajstić information content (AvgIpc) is 2.32. The molecular weight excluding hydrogens is 222 g/mol. The fourth-order valence-corrected chi connectivity index (χ4v) is 1.69. The Morgan fingerprint density at radius 1 is 1.47 bits per heavy atom. The van der Waals surface area contributed by atoms with Crippen LogP contribution in [0.15, 0.2) is 12.3 Å². The van der Waals surface area contributed by atoms with Crippen molar-refractivity contribution in [2.24, 2.45) is 5.73 Å². The van der Waals surface area contributed by atoms with Gasteiger partial charge >= 0.3 is 0 Å². The molecule has 92 valence electrons. The van der Waals surface area contributed by atoms with Crippen LogP contribution < -0.4 is 16.2 Å². The number of ether oxygens (including phenoxy) is 2. The van der Waals surface area contributed by atoms with Crippen molar-refractivity contribution in [3.05, 3.63) is 17.8 Å². The Morgan fingerprint density at radius 3 is 2.82 bits per heavy atom. The van der Waals surface area contributed by atoms with E-state index in [0.717, 1.165) is 12.8 Å². The fraction of sp³-hybridized carbons (Fsp3) is 0.455. The number of anilines is 1. The maximum absolute atomic E-state index is 11.2. The molecule has 6 heteroatoms. The number of hydrogen-bond donors (Lipinski definition) is 2. The number of pyridine rings is 1. The lowest BCUT2D eigenvalue weighted by atomic mass is 10.1. The highest BCUT2D eigenvalue weighted by Crippen LogP contribution is 2.21. The number of carbonyl (C=O) groups excluding carboxylic acids is 1. The third kappa shape index (κ3) is 2.85. The van der Waals surface area contributed by atoms with Crippen LogP contribution in [-0.4, -0.2) is 30.2 Å². The maximum atomic E-state index is 11.2. The summed E-state index contributed by atoms with van der Waals surface area (Å²) in [4.78, 5) is 15.2. The third-order valence-electron chi connectivity index (χ3n) is 2.58. The van der Waals surface area contributed by atoms with E-state index in [1.165, 1.54) is 12.3 Å². The molecule has 1 saturated heterocycles. The van der Waals surface area contributed by atoms with Gasteiger partial charge in [0.05, 0.1) is 25.1 Å². The number of nitrogens with two attached hydrogens (primary N) is 2. The summed E-state index contributed by atoms with van der Waals surface area (Å²) in [6.07, 6.45) is 3.02. The first-order valence-corrected chi connectivity index (χ1v) is 5.46. The van der Waals surface area contributed by atoms with E-state index in [2.05, 4.69) is 4.98 Å². The highest BCUT2D eigenvalue weighted by molar-refractivity contribution is 5.95. The van der Waals surface area contributed by atoms with E-state index < -0.39 is 5.91 Å². The average molecular weight is 237 g/mol. The highest BCUT2D eigenvalue weighted by atomic mass is 16.5. The molecule has 0 aromatic carbocycles. The maximum Gasteiger partial charge on any atom is 0.254 e. The van der Waals surface area contributed by atoms with Gasteiger partial charge in [0.15, 0.2) is 0 Å². The Labute approximate surface area is 98.9 Å². The molecule has 2 rings (SSSR count). The quantitative estimate of drug-likeness (QED) is 0.788. The van der Waals surface area contributed by atoms with E-state index in [-0.39, 0.29) is 17.5 Å². The Balaban J connectivity index is 2.16. The summed E-state index contributed by atoms with van der Waals surface area (Å²) in [5.41, 5.74) is 11.4. The van der Waals surface area contributed by atoms with E-state index in [9.17, 15) is 4.79 Å². The monoisotopic (exact) mass is 237 g/mol. The molecule has 1 aliphatic rings. The van der Waals surface area contributed by atoms with Crippen LogP contribution in [-0.2, 0) is 4.74 Å². The second kappa shape index (κ2) is 5.01. The van der Waals surface area contributed by atoms with Crippen molar-refractivity contribution in [1.29, 1.82) is 0 Å². The van der Waals surface area contributed by atoms with Crippen molar-refractivity contribution in [3.8, 4) is 5.88 Å². The molecule has 1 aromatic rings. The number of nitrogen functional groups attached to an aromatic ring is 1. The third-order valence-corrected chi connectivity index (χ3v) is 2.58. The number of primary amides is 1. The van der Waals surface area contributed by atoms with Gasteiger partial charge in [0.1, 0.15) is 11.7 Å². The van der Waals surface area contributed by atoms with E-state index in [1.807, 2.05) is 0 Å². The molecule has 4 N–H and O–H groups in total. The molecule has 0 aliphatic carbocycles. The van der Waals surface area contributed by atoms with Crippen LogP contribution in [0.1, 0.15) is 23.2 Å². The lowest BCUT2D eigenvalue weighted by Crippen LogP contribution is -2.27. The normalized spacial score (nSPS) is 16.7. The van der Waals surface area contributed by atoms with Gasteiger partial charge in [-0.15, -0.1) is 0 Å². The van der Waals surface area contributed by atoms with E-state index in [4.69, 9.17) is 20.9 Å². The van der Waals surface area contributed by atoms with Gasteiger partial charge < -0.3 is 20.9 Å². The summed E-state index contributed by atoms with van der Waals surface area (Å²) in [5.74, 6) is -0.342. The first-order valence-electron chi connectivity index (χ1n) is 5.46. The number of hydrogen-bond acceptors (Lipinski definition) is 5. The number of amides is 1. The van der Waals surface area contributed by atoms with Crippen LogP contribution in [0.25, 0.3) is 0 Å². The van der Waals surface area contributed by atoms with Crippen LogP contribution in [0.2, 0.25) is 0 Å². The molecule has 0 spiro atoms. The Morgan fingerprint density at radius 2 is 2.18 bits per heavy atom. The van der Waals surface area contributed by atoms with Crippen molar-refractivity contribution >= 4 is 11.6 Å². The highest BCUT2D eigenvalue weighted by Gasteiger charge is 2.19. The summed E-state index contributed by atoms with van der Waals surface area (Å²) in [6.45, 7) is 1.32. The summed E-state index contributed by atoms with van der Waals surface area (Å²) in [7, 11) is 0. The molecule has 0 bridgehead atoms. The Hall–Kier alpha value is -1.82. The summed E-state index contributed by atoms with van der Waals surface area (Å²) >= 11 is 0.